The zero-order chi connectivity index (χ0) is 14.7. The molecule has 106 valence electrons. The number of rotatable bonds is 5. The van der Waals surface area contributed by atoms with Crippen LogP contribution in [0.3, 0.4) is 0 Å². The van der Waals surface area contributed by atoms with Gasteiger partial charge in [-0.3, -0.25) is 4.79 Å². The van der Waals surface area contributed by atoms with Gasteiger partial charge in [0.2, 0.25) is 0 Å². The first kappa shape index (κ1) is 14.0. The summed E-state index contributed by atoms with van der Waals surface area (Å²) >= 11 is 0. The lowest BCUT2D eigenvalue weighted by Crippen LogP contribution is -2.15. The smallest absolute Gasteiger partial charge is 0.305 e. The molecule has 1 heterocycles. The summed E-state index contributed by atoms with van der Waals surface area (Å²) in [7, 11) is 0. The molecule has 0 saturated carbocycles. The van der Waals surface area contributed by atoms with E-state index in [1.807, 2.05) is 0 Å². The molecule has 0 amide bonds. The Morgan fingerprint density at radius 1 is 1.40 bits per heavy atom. The maximum atomic E-state index is 13.2. The third-order valence-corrected chi connectivity index (χ3v) is 2.90. The van der Waals surface area contributed by atoms with Crippen molar-refractivity contribution in [3.63, 3.8) is 0 Å². The van der Waals surface area contributed by atoms with Gasteiger partial charge in [0.15, 0.2) is 17.5 Å². The highest BCUT2D eigenvalue weighted by Gasteiger charge is 2.20. The minimum Gasteiger partial charge on any atom is -0.481 e. The van der Waals surface area contributed by atoms with E-state index in [0.29, 0.717) is 6.42 Å². The van der Waals surface area contributed by atoms with Crippen LogP contribution in [0.2, 0.25) is 0 Å². The average molecular weight is 282 g/mol. The molecule has 0 saturated heterocycles. The first-order chi connectivity index (χ1) is 9.52. The Kier molecular flexibility index (Phi) is 4.02. The predicted molar refractivity (Wildman–Crippen MR) is 64.7 cm³/mol. The number of aromatic nitrogens is 4. The van der Waals surface area contributed by atoms with Gasteiger partial charge in [0.25, 0.3) is 0 Å². The van der Waals surface area contributed by atoms with Gasteiger partial charge in [-0.2, -0.15) is 0 Å². The molecule has 0 radical (unpaired) electrons. The first-order valence-corrected chi connectivity index (χ1v) is 5.98. The number of hydrogen-bond acceptors (Lipinski definition) is 4. The third kappa shape index (κ3) is 2.79. The van der Waals surface area contributed by atoms with Crippen LogP contribution in [0, 0.1) is 11.6 Å². The Hall–Kier alpha value is -2.38. The van der Waals surface area contributed by atoms with Crippen molar-refractivity contribution in [3.05, 3.63) is 29.8 Å². The summed E-state index contributed by atoms with van der Waals surface area (Å²) in [6, 6.07) is 2.84. The lowest BCUT2D eigenvalue weighted by atomic mass is 10.1. The van der Waals surface area contributed by atoms with Crippen molar-refractivity contribution in [2.45, 2.75) is 25.8 Å². The van der Waals surface area contributed by atoms with Gasteiger partial charge in [-0.1, -0.05) is 6.92 Å². The second-order valence-electron chi connectivity index (χ2n) is 4.24. The fraction of sp³-hybridized carbons (Fsp3) is 0.333. The van der Waals surface area contributed by atoms with Crippen LogP contribution in [-0.2, 0) is 4.79 Å². The Bertz CT molecular complexity index is 630. The van der Waals surface area contributed by atoms with Crippen molar-refractivity contribution in [2.24, 2.45) is 0 Å². The summed E-state index contributed by atoms with van der Waals surface area (Å²) < 4.78 is 27.5. The monoisotopic (exact) mass is 282 g/mol. The van der Waals surface area contributed by atoms with Crippen molar-refractivity contribution < 1.29 is 18.7 Å². The lowest BCUT2D eigenvalue weighted by molar-refractivity contribution is -0.138. The Balaban J connectivity index is 2.40. The molecule has 20 heavy (non-hydrogen) atoms. The summed E-state index contributed by atoms with van der Waals surface area (Å²) in [5.74, 6) is -2.76. The summed E-state index contributed by atoms with van der Waals surface area (Å²) in [4.78, 5) is 10.8. The van der Waals surface area contributed by atoms with Crippen LogP contribution in [0.25, 0.3) is 11.4 Å². The van der Waals surface area contributed by atoms with Gasteiger partial charge >= 0.3 is 5.97 Å². The second kappa shape index (κ2) is 5.72. The molecule has 8 heteroatoms. The summed E-state index contributed by atoms with van der Waals surface area (Å²) in [6.07, 6.45) is 0.340. The second-order valence-corrected chi connectivity index (χ2v) is 4.24. The molecule has 0 aliphatic heterocycles. The van der Waals surface area contributed by atoms with Crippen LogP contribution in [0.15, 0.2) is 18.2 Å². The number of carboxylic acid groups (broad SMARTS) is 1. The van der Waals surface area contributed by atoms with Crippen LogP contribution < -0.4 is 0 Å². The summed E-state index contributed by atoms with van der Waals surface area (Å²) in [5.41, 5.74) is 0.290. The maximum Gasteiger partial charge on any atom is 0.305 e. The molecule has 6 nitrogen and oxygen atoms in total. The van der Waals surface area contributed by atoms with E-state index >= 15 is 0 Å². The Morgan fingerprint density at radius 2 is 2.15 bits per heavy atom. The topological polar surface area (TPSA) is 80.9 Å². The number of halogens is 2. The van der Waals surface area contributed by atoms with E-state index in [0.717, 1.165) is 12.1 Å². The number of carboxylic acids is 1. The minimum absolute atomic E-state index is 0.155. The van der Waals surface area contributed by atoms with Crippen molar-refractivity contribution in [2.75, 3.05) is 0 Å². The quantitative estimate of drug-likeness (QED) is 0.907. The highest BCUT2D eigenvalue weighted by Crippen LogP contribution is 2.24. The van der Waals surface area contributed by atoms with E-state index in [-0.39, 0.29) is 17.8 Å². The maximum absolute atomic E-state index is 13.2. The van der Waals surface area contributed by atoms with Gasteiger partial charge in [-0.05, 0) is 35.0 Å². The SMILES string of the molecule is CCC(CC(=O)O)n1nnnc1-c1ccc(F)c(F)c1. The summed E-state index contributed by atoms with van der Waals surface area (Å²) in [6.45, 7) is 1.80. The van der Waals surface area contributed by atoms with Crippen molar-refractivity contribution in [1.29, 1.82) is 0 Å². The van der Waals surface area contributed by atoms with E-state index in [2.05, 4.69) is 15.5 Å². The fourth-order valence-electron chi connectivity index (χ4n) is 1.87. The highest BCUT2D eigenvalue weighted by atomic mass is 19.2. The molecule has 1 aromatic heterocycles. The number of tetrazole rings is 1. The number of carbonyl (C=O) groups is 1. The lowest BCUT2D eigenvalue weighted by Gasteiger charge is -2.14. The zero-order valence-electron chi connectivity index (χ0n) is 10.6. The molecule has 0 fully saturated rings. The number of benzene rings is 1. The van der Waals surface area contributed by atoms with Crippen molar-refractivity contribution in [3.8, 4) is 11.4 Å². The molecular weight excluding hydrogens is 270 g/mol. The molecular formula is C12H12F2N4O2. The standard InChI is InChI=1S/C12H12F2N4O2/c1-2-8(6-11(19)20)18-12(15-16-17-18)7-3-4-9(13)10(14)5-7/h3-5,8H,2,6H2,1H3,(H,19,20). The van der Waals surface area contributed by atoms with Gasteiger partial charge in [-0.25, -0.2) is 13.5 Å². The molecule has 1 aromatic carbocycles. The number of nitrogens with zero attached hydrogens (tertiary/aromatic N) is 4. The number of hydrogen-bond donors (Lipinski definition) is 1. The zero-order valence-corrected chi connectivity index (χ0v) is 10.6. The molecule has 1 unspecified atom stereocenters. The van der Waals surface area contributed by atoms with E-state index < -0.39 is 23.6 Å². The highest BCUT2D eigenvalue weighted by molar-refractivity contribution is 5.67. The molecule has 2 aromatic rings. The fourth-order valence-corrected chi connectivity index (χ4v) is 1.87. The van der Waals surface area contributed by atoms with E-state index in [4.69, 9.17) is 5.11 Å². The largest absolute Gasteiger partial charge is 0.481 e. The Labute approximate surface area is 113 Å². The van der Waals surface area contributed by atoms with E-state index in [9.17, 15) is 13.6 Å². The molecule has 0 aliphatic rings. The van der Waals surface area contributed by atoms with Gasteiger partial charge in [0.1, 0.15) is 0 Å². The minimum atomic E-state index is -1.01. The molecule has 0 bridgehead atoms. The van der Waals surface area contributed by atoms with Gasteiger partial charge in [-0.15, -0.1) is 5.10 Å². The van der Waals surface area contributed by atoms with Crippen molar-refractivity contribution in [1.82, 2.24) is 20.2 Å². The van der Waals surface area contributed by atoms with Gasteiger partial charge in [0, 0.05) is 5.56 Å². The molecule has 1 atom stereocenters. The summed E-state index contributed by atoms with van der Waals surface area (Å²) in [5, 5.41) is 19.8. The molecule has 1 N–H and O–H groups in total. The third-order valence-electron chi connectivity index (χ3n) is 2.90. The van der Waals surface area contributed by atoms with E-state index in [1.165, 1.54) is 10.7 Å². The van der Waals surface area contributed by atoms with Gasteiger partial charge < -0.3 is 5.11 Å². The van der Waals surface area contributed by atoms with Gasteiger partial charge in [0.05, 0.1) is 12.5 Å². The predicted octanol–water partition coefficient (Wildman–Crippen LogP) is 2.04. The molecule has 2 rings (SSSR count). The number of aliphatic carboxylic acids is 1. The van der Waals surface area contributed by atoms with Crippen LogP contribution in [0.1, 0.15) is 25.8 Å². The van der Waals surface area contributed by atoms with Crippen LogP contribution in [-0.4, -0.2) is 31.3 Å². The van der Waals surface area contributed by atoms with Crippen LogP contribution >= 0.6 is 0 Å². The van der Waals surface area contributed by atoms with Crippen LogP contribution in [0.4, 0.5) is 8.78 Å². The molecule has 0 aliphatic carbocycles. The molecule has 0 spiro atoms. The van der Waals surface area contributed by atoms with Crippen molar-refractivity contribution >= 4 is 5.97 Å². The normalized spacial score (nSPS) is 12.3. The average Bonchev–Trinajstić information content (AvgIpc) is 2.88. The van der Waals surface area contributed by atoms with E-state index in [1.54, 1.807) is 6.92 Å². The Morgan fingerprint density at radius 3 is 2.75 bits per heavy atom. The first-order valence-electron chi connectivity index (χ1n) is 5.98. The van der Waals surface area contributed by atoms with Crippen LogP contribution in [0.5, 0.6) is 0 Å².